The number of nitrogens with zero attached hydrogens (tertiary/aromatic N) is 2. The summed E-state index contributed by atoms with van der Waals surface area (Å²) in [6.45, 7) is 1.91. The molecule has 0 aliphatic carbocycles. The predicted molar refractivity (Wildman–Crippen MR) is 59.2 cm³/mol. The molecule has 3 nitrogen and oxygen atoms in total. The van der Waals surface area contributed by atoms with E-state index in [4.69, 9.17) is 16.7 Å². The van der Waals surface area contributed by atoms with Crippen molar-refractivity contribution < 1.29 is 5.11 Å². The Kier molecular flexibility index (Phi) is 2.75. The van der Waals surface area contributed by atoms with Gasteiger partial charge in [-0.15, -0.1) is 0 Å². The average Bonchev–Trinajstić information content (AvgIpc) is 2.70. The van der Waals surface area contributed by atoms with Crippen molar-refractivity contribution in [2.45, 2.75) is 13.5 Å². The van der Waals surface area contributed by atoms with Gasteiger partial charge in [0.15, 0.2) is 0 Å². The van der Waals surface area contributed by atoms with E-state index in [9.17, 15) is 0 Å². The Hall–Kier alpha value is -1.32. The topological polar surface area (TPSA) is 38.0 Å². The van der Waals surface area contributed by atoms with Crippen LogP contribution in [0.1, 0.15) is 11.3 Å². The first-order chi connectivity index (χ1) is 7.20. The van der Waals surface area contributed by atoms with Gasteiger partial charge in [0.2, 0.25) is 0 Å². The van der Waals surface area contributed by atoms with Crippen molar-refractivity contribution in [3.63, 3.8) is 0 Å². The third-order valence-electron chi connectivity index (χ3n) is 2.24. The summed E-state index contributed by atoms with van der Waals surface area (Å²) in [5.41, 5.74) is 2.67. The van der Waals surface area contributed by atoms with E-state index in [-0.39, 0.29) is 6.61 Å². The molecular weight excluding hydrogens is 212 g/mol. The van der Waals surface area contributed by atoms with Crippen molar-refractivity contribution in [2.75, 3.05) is 0 Å². The minimum absolute atomic E-state index is 0.0421. The second-order valence-electron chi connectivity index (χ2n) is 3.36. The quantitative estimate of drug-likeness (QED) is 0.847. The van der Waals surface area contributed by atoms with Crippen LogP contribution in [0.5, 0.6) is 0 Å². The summed E-state index contributed by atoms with van der Waals surface area (Å²) in [5, 5.41) is 9.65. The Bertz CT molecular complexity index is 479. The molecule has 0 amide bonds. The summed E-state index contributed by atoms with van der Waals surface area (Å²) in [6, 6.07) is 5.74. The van der Waals surface area contributed by atoms with Gasteiger partial charge < -0.3 is 9.67 Å². The second-order valence-corrected chi connectivity index (χ2v) is 3.77. The summed E-state index contributed by atoms with van der Waals surface area (Å²) in [7, 11) is 0. The van der Waals surface area contributed by atoms with E-state index in [0.717, 1.165) is 16.3 Å². The first kappa shape index (κ1) is 10.2. The second kappa shape index (κ2) is 4.04. The molecule has 2 rings (SSSR count). The molecule has 0 radical (unpaired) electrons. The summed E-state index contributed by atoms with van der Waals surface area (Å²) < 4.78 is 1.86. The number of halogens is 1. The van der Waals surface area contributed by atoms with Gasteiger partial charge in [-0.2, -0.15) is 0 Å². The fourth-order valence-corrected chi connectivity index (χ4v) is 1.49. The van der Waals surface area contributed by atoms with Crippen molar-refractivity contribution in [1.29, 1.82) is 0 Å². The molecule has 0 saturated carbocycles. The zero-order chi connectivity index (χ0) is 10.8. The Morgan fingerprint density at radius 2 is 2.27 bits per heavy atom. The molecule has 1 aromatic heterocycles. The zero-order valence-electron chi connectivity index (χ0n) is 8.31. The van der Waals surface area contributed by atoms with E-state index in [0.29, 0.717) is 5.69 Å². The molecule has 0 aliphatic rings. The molecular formula is C11H11ClN2O. The molecule has 0 atom stereocenters. The molecule has 4 heteroatoms. The Labute approximate surface area is 93.0 Å². The van der Waals surface area contributed by atoms with Crippen LogP contribution >= 0.6 is 11.6 Å². The van der Waals surface area contributed by atoms with E-state index in [1.54, 1.807) is 12.5 Å². The van der Waals surface area contributed by atoms with E-state index in [1.165, 1.54) is 0 Å². The summed E-state index contributed by atoms with van der Waals surface area (Å²) in [6.07, 6.45) is 3.47. The number of aliphatic hydroxyl groups is 1. The zero-order valence-corrected chi connectivity index (χ0v) is 9.07. The number of rotatable bonds is 2. The van der Waals surface area contributed by atoms with Gasteiger partial charge in [-0.1, -0.05) is 11.6 Å². The molecule has 15 heavy (non-hydrogen) atoms. The van der Waals surface area contributed by atoms with Crippen LogP contribution in [0.3, 0.4) is 0 Å². The lowest BCUT2D eigenvalue weighted by Crippen LogP contribution is -1.90. The molecule has 2 aromatic rings. The number of aryl methyl sites for hydroxylation is 1. The first-order valence-corrected chi connectivity index (χ1v) is 4.99. The van der Waals surface area contributed by atoms with Crippen LogP contribution in [0.25, 0.3) is 5.69 Å². The maximum absolute atomic E-state index is 8.90. The van der Waals surface area contributed by atoms with Crippen LogP contribution in [0.15, 0.2) is 30.7 Å². The summed E-state index contributed by atoms with van der Waals surface area (Å²) in [4.78, 5) is 4.04. The van der Waals surface area contributed by atoms with Crippen LogP contribution in [0.4, 0.5) is 0 Å². The largest absolute Gasteiger partial charge is 0.390 e. The molecule has 0 unspecified atom stereocenters. The number of imidazole rings is 1. The Balaban J connectivity index is 2.40. The van der Waals surface area contributed by atoms with Gasteiger partial charge in [0.25, 0.3) is 0 Å². The lowest BCUT2D eigenvalue weighted by molar-refractivity contribution is 0.277. The van der Waals surface area contributed by atoms with Crippen LogP contribution in [-0.4, -0.2) is 14.7 Å². The van der Waals surface area contributed by atoms with Gasteiger partial charge >= 0.3 is 0 Å². The maximum atomic E-state index is 8.90. The summed E-state index contributed by atoms with van der Waals surface area (Å²) in [5.74, 6) is 0. The molecule has 0 bridgehead atoms. The number of aromatic nitrogens is 2. The van der Waals surface area contributed by atoms with Crippen LogP contribution < -0.4 is 0 Å². The van der Waals surface area contributed by atoms with Gasteiger partial charge in [-0.05, 0) is 30.7 Å². The highest BCUT2D eigenvalue weighted by Gasteiger charge is 2.01. The normalized spacial score (nSPS) is 10.6. The molecule has 78 valence electrons. The molecule has 1 heterocycles. The van der Waals surface area contributed by atoms with Gasteiger partial charge in [0.1, 0.15) is 0 Å². The lowest BCUT2D eigenvalue weighted by atomic mass is 10.2. The maximum Gasteiger partial charge on any atom is 0.0996 e. The third-order valence-corrected chi connectivity index (χ3v) is 2.66. The minimum Gasteiger partial charge on any atom is -0.390 e. The number of hydrogen-bond acceptors (Lipinski definition) is 2. The van der Waals surface area contributed by atoms with Crippen LogP contribution in [0.2, 0.25) is 5.02 Å². The van der Waals surface area contributed by atoms with Crippen LogP contribution in [-0.2, 0) is 6.61 Å². The predicted octanol–water partition coefficient (Wildman–Crippen LogP) is 2.33. The smallest absolute Gasteiger partial charge is 0.0996 e. The fraction of sp³-hybridized carbons (Fsp3) is 0.182. The van der Waals surface area contributed by atoms with Gasteiger partial charge in [-0.25, -0.2) is 4.98 Å². The third kappa shape index (κ3) is 2.03. The lowest BCUT2D eigenvalue weighted by Gasteiger charge is -2.04. The highest BCUT2D eigenvalue weighted by atomic mass is 35.5. The van der Waals surface area contributed by atoms with Gasteiger partial charge in [0.05, 0.1) is 18.6 Å². The molecule has 1 aromatic carbocycles. The molecule has 0 saturated heterocycles. The SMILES string of the molecule is Cc1cc(-n2cnc(CO)c2)ccc1Cl. The van der Waals surface area contributed by atoms with E-state index >= 15 is 0 Å². The number of benzene rings is 1. The Morgan fingerprint density at radius 3 is 2.87 bits per heavy atom. The van der Waals surface area contributed by atoms with Gasteiger partial charge in [-0.3, -0.25) is 0 Å². The fourth-order valence-electron chi connectivity index (χ4n) is 1.38. The van der Waals surface area contributed by atoms with Crippen molar-refractivity contribution in [3.8, 4) is 5.69 Å². The van der Waals surface area contributed by atoms with Crippen LogP contribution in [0, 0.1) is 6.92 Å². The van der Waals surface area contributed by atoms with Gasteiger partial charge in [0, 0.05) is 16.9 Å². The van der Waals surface area contributed by atoms with Crippen molar-refractivity contribution in [2.24, 2.45) is 0 Å². The highest BCUT2D eigenvalue weighted by Crippen LogP contribution is 2.18. The standard InChI is InChI=1S/C11H11ClN2O/c1-8-4-10(2-3-11(8)12)14-5-9(6-15)13-7-14/h2-5,7,15H,6H2,1H3. The molecule has 0 spiro atoms. The van der Waals surface area contributed by atoms with E-state index in [1.807, 2.05) is 29.7 Å². The average molecular weight is 223 g/mol. The minimum atomic E-state index is -0.0421. The number of hydrogen-bond donors (Lipinski definition) is 1. The van der Waals surface area contributed by atoms with Crippen molar-refractivity contribution in [1.82, 2.24) is 9.55 Å². The summed E-state index contributed by atoms with van der Waals surface area (Å²) >= 11 is 5.94. The molecule has 1 N–H and O–H groups in total. The molecule has 0 fully saturated rings. The number of aliphatic hydroxyl groups excluding tert-OH is 1. The van der Waals surface area contributed by atoms with Crippen molar-refractivity contribution >= 4 is 11.6 Å². The van der Waals surface area contributed by atoms with E-state index in [2.05, 4.69) is 4.98 Å². The monoisotopic (exact) mass is 222 g/mol. The Morgan fingerprint density at radius 1 is 1.47 bits per heavy atom. The van der Waals surface area contributed by atoms with Crippen molar-refractivity contribution in [3.05, 3.63) is 47.0 Å². The first-order valence-electron chi connectivity index (χ1n) is 4.61. The molecule has 0 aliphatic heterocycles. The highest BCUT2D eigenvalue weighted by molar-refractivity contribution is 6.31. The van der Waals surface area contributed by atoms with E-state index < -0.39 is 0 Å².